The first-order valence-corrected chi connectivity index (χ1v) is 8.75. The second kappa shape index (κ2) is 8.37. The summed E-state index contributed by atoms with van der Waals surface area (Å²) in [6.07, 6.45) is 4.84. The highest BCUT2D eigenvalue weighted by Crippen LogP contribution is 2.20. The van der Waals surface area contributed by atoms with Crippen LogP contribution in [0.1, 0.15) is 31.2 Å². The lowest BCUT2D eigenvalue weighted by Crippen LogP contribution is -2.33. The Hall–Kier alpha value is 0.0600. The third-order valence-electron chi connectivity index (χ3n) is 3.71. The molecule has 5 heteroatoms. The average molecular weight is 347 g/mol. The fourth-order valence-corrected chi connectivity index (χ4v) is 3.84. The van der Waals surface area contributed by atoms with Crippen LogP contribution < -0.4 is 5.32 Å². The van der Waals surface area contributed by atoms with E-state index >= 15 is 0 Å². The third kappa shape index (κ3) is 5.16. The quantitative estimate of drug-likeness (QED) is 0.710. The Balaban J connectivity index is 1.50. The van der Waals surface area contributed by atoms with Crippen molar-refractivity contribution in [3.8, 4) is 0 Å². The molecule has 1 aliphatic heterocycles. The molecule has 0 radical (unpaired) electrons. The van der Waals surface area contributed by atoms with Crippen molar-refractivity contribution in [3.05, 3.63) is 20.8 Å². The van der Waals surface area contributed by atoms with Gasteiger partial charge in [-0.1, -0.05) is 0 Å². The van der Waals surface area contributed by atoms with Crippen molar-refractivity contribution in [2.24, 2.45) is 0 Å². The number of nitrogens with zero attached hydrogens (tertiary/aromatic N) is 1. The van der Waals surface area contributed by atoms with Gasteiger partial charge in [-0.25, -0.2) is 0 Å². The van der Waals surface area contributed by atoms with Gasteiger partial charge < -0.3 is 10.4 Å². The molecule has 2 rings (SSSR count). The number of unbranched alkanes of at least 4 members (excludes halogenated alkanes) is 1. The molecular formula is C14H23BrN2OS. The highest BCUT2D eigenvalue weighted by Gasteiger charge is 2.22. The van der Waals surface area contributed by atoms with E-state index in [0.29, 0.717) is 12.6 Å². The lowest BCUT2D eigenvalue weighted by molar-refractivity contribution is 0.157. The van der Waals surface area contributed by atoms with E-state index in [4.69, 9.17) is 0 Å². The SMILES string of the molecule is OCC1CCCN1CCCCNCc1csc(Br)c1. The molecule has 1 unspecified atom stereocenters. The standard InChI is InChI=1S/C14H23BrN2OS/c15-14-8-12(11-19-14)9-16-5-1-2-6-17-7-3-4-13(17)10-18/h8,11,13,16,18H,1-7,9-10H2. The molecule has 108 valence electrons. The van der Waals surface area contributed by atoms with Crippen LogP contribution in [-0.4, -0.2) is 42.3 Å². The zero-order valence-electron chi connectivity index (χ0n) is 11.3. The van der Waals surface area contributed by atoms with E-state index in [0.717, 1.165) is 19.6 Å². The molecule has 0 saturated carbocycles. The second-order valence-corrected chi connectivity index (χ2v) is 7.45. The van der Waals surface area contributed by atoms with E-state index in [-0.39, 0.29) is 0 Å². The van der Waals surface area contributed by atoms with Crippen LogP contribution in [0.15, 0.2) is 15.2 Å². The maximum Gasteiger partial charge on any atom is 0.0701 e. The molecule has 2 N–H and O–H groups in total. The Morgan fingerprint density at radius 3 is 3.11 bits per heavy atom. The summed E-state index contributed by atoms with van der Waals surface area (Å²) in [6, 6.07) is 2.60. The van der Waals surface area contributed by atoms with E-state index in [1.54, 1.807) is 11.3 Å². The van der Waals surface area contributed by atoms with Gasteiger partial charge in [0.2, 0.25) is 0 Å². The molecule has 0 aliphatic carbocycles. The number of hydrogen-bond acceptors (Lipinski definition) is 4. The summed E-state index contributed by atoms with van der Waals surface area (Å²) in [6.45, 7) is 4.67. The van der Waals surface area contributed by atoms with Crippen LogP contribution in [0.4, 0.5) is 0 Å². The van der Waals surface area contributed by atoms with E-state index in [1.807, 2.05) is 0 Å². The fraction of sp³-hybridized carbons (Fsp3) is 0.714. The van der Waals surface area contributed by atoms with E-state index < -0.39 is 0 Å². The largest absolute Gasteiger partial charge is 0.395 e. The number of aliphatic hydroxyl groups is 1. The summed E-state index contributed by atoms with van der Waals surface area (Å²) < 4.78 is 1.20. The molecule has 19 heavy (non-hydrogen) atoms. The summed E-state index contributed by atoms with van der Waals surface area (Å²) in [5.41, 5.74) is 1.36. The summed E-state index contributed by atoms with van der Waals surface area (Å²) in [7, 11) is 0. The summed E-state index contributed by atoms with van der Waals surface area (Å²) in [5.74, 6) is 0. The van der Waals surface area contributed by atoms with Crippen molar-refractivity contribution in [2.75, 3.05) is 26.2 Å². The van der Waals surface area contributed by atoms with Crippen molar-refractivity contribution >= 4 is 27.3 Å². The molecule has 1 aromatic rings. The average Bonchev–Trinajstić information content (AvgIpc) is 3.02. The van der Waals surface area contributed by atoms with Crippen LogP contribution in [-0.2, 0) is 6.54 Å². The Labute approximate surface area is 128 Å². The van der Waals surface area contributed by atoms with Crippen LogP contribution in [0, 0.1) is 0 Å². The van der Waals surface area contributed by atoms with Crippen LogP contribution in [0.3, 0.4) is 0 Å². The first-order valence-electron chi connectivity index (χ1n) is 7.08. The predicted octanol–water partition coefficient (Wildman–Crippen LogP) is 2.84. The van der Waals surface area contributed by atoms with E-state index in [2.05, 4.69) is 37.6 Å². The summed E-state index contributed by atoms with van der Waals surface area (Å²) in [4.78, 5) is 2.44. The van der Waals surface area contributed by atoms with E-state index in [9.17, 15) is 5.11 Å². The Morgan fingerprint density at radius 1 is 1.47 bits per heavy atom. The zero-order chi connectivity index (χ0) is 13.5. The lowest BCUT2D eigenvalue weighted by atomic mass is 10.2. The molecule has 3 nitrogen and oxygen atoms in total. The molecule has 0 amide bonds. The minimum atomic E-state index is 0.325. The molecule has 1 aromatic heterocycles. The van der Waals surface area contributed by atoms with Gasteiger partial charge in [-0.2, -0.15) is 0 Å². The van der Waals surface area contributed by atoms with Gasteiger partial charge in [0.05, 0.1) is 10.4 Å². The van der Waals surface area contributed by atoms with Gasteiger partial charge in [0.1, 0.15) is 0 Å². The number of thiophene rings is 1. The summed E-state index contributed by atoms with van der Waals surface area (Å²) >= 11 is 5.22. The number of nitrogens with one attached hydrogen (secondary N) is 1. The first kappa shape index (κ1) is 15.4. The van der Waals surface area contributed by atoms with Crippen molar-refractivity contribution in [1.29, 1.82) is 0 Å². The monoisotopic (exact) mass is 346 g/mol. The van der Waals surface area contributed by atoms with Gasteiger partial charge >= 0.3 is 0 Å². The molecule has 1 saturated heterocycles. The first-order chi connectivity index (χ1) is 9.29. The van der Waals surface area contributed by atoms with E-state index in [1.165, 1.54) is 41.6 Å². The number of likely N-dealkylation sites (tertiary alicyclic amines) is 1. The van der Waals surface area contributed by atoms with Crippen molar-refractivity contribution in [2.45, 2.75) is 38.3 Å². The Kier molecular flexibility index (Phi) is 6.81. The van der Waals surface area contributed by atoms with Crippen molar-refractivity contribution in [3.63, 3.8) is 0 Å². The lowest BCUT2D eigenvalue weighted by Gasteiger charge is -2.22. The fourth-order valence-electron chi connectivity index (χ4n) is 2.63. The van der Waals surface area contributed by atoms with Gasteiger partial charge in [0.25, 0.3) is 0 Å². The van der Waals surface area contributed by atoms with Gasteiger partial charge in [0, 0.05) is 12.6 Å². The number of aliphatic hydroxyl groups excluding tert-OH is 1. The minimum absolute atomic E-state index is 0.325. The molecule has 1 aliphatic rings. The molecule has 0 aromatic carbocycles. The smallest absolute Gasteiger partial charge is 0.0701 e. The van der Waals surface area contributed by atoms with Crippen molar-refractivity contribution < 1.29 is 5.11 Å². The Bertz CT molecular complexity index is 372. The minimum Gasteiger partial charge on any atom is -0.395 e. The van der Waals surface area contributed by atoms with Crippen LogP contribution in [0.5, 0.6) is 0 Å². The van der Waals surface area contributed by atoms with Gasteiger partial charge in [-0.15, -0.1) is 11.3 Å². The highest BCUT2D eigenvalue weighted by molar-refractivity contribution is 9.11. The zero-order valence-corrected chi connectivity index (χ0v) is 13.7. The van der Waals surface area contributed by atoms with Crippen LogP contribution >= 0.6 is 27.3 Å². The number of rotatable bonds is 8. The molecular weight excluding hydrogens is 324 g/mol. The second-order valence-electron chi connectivity index (χ2n) is 5.16. The topological polar surface area (TPSA) is 35.5 Å². The number of halogens is 1. The molecule has 0 spiro atoms. The van der Waals surface area contributed by atoms with Gasteiger partial charge in [-0.05, 0) is 78.3 Å². The molecule has 0 bridgehead atoms. The van der Waals surface area contributed by atoms with Gasteiger partial charge in [0.15, 0.2) is 0 Å². The predicted molar refractivity (Wildman–Crippen MR) is 84.6 cm³/mol. The number of hydrogen-bond donors (Lipinski definition) is 2. The van der Waals surface area contributed by atoms with Crippen molar-refractivity contribution in [1.82, 2.24) is 10.2 Å². The molecule has 1 fully saturated rings. The Morgan fingerprint density at radius 2 is 2.37 bits per heavy atom. The van der Waals surface area contributed by atoms with Crippen LogP contribution in [0.2, 0.25) is 0 Å². The van der Waals surface area contributed by atoms with Crippen LogP contribution in [0.25, 0.3) is 0 Å². The molecule has 2 heterocycles. The van der Waals surface area contributed by atoms with Gasteiger partial charge in [-0.3, -0.25) is 4.90 Å². The highest BCUT2D eigenvalue weighted by atomic mass is 79.9. The maximum atomic E-state index is 9.25. The summed E-state index contributed by atoms with van der Waals surface area (Å²) in [5, 5.41) is 14.9. The normalized spacial score (nSPS) is 20.2. The molecule has 1 atom stereocenters. The third-order valence-corrected chi connectivity index (χ3v) is 5.26. The maximum absolute atomic E-state index is 9.25.